The van der Waals surface area contributed by atoms with Gasteiger partial charge in [0.15, 0.2) is 0 Å². The summed E-state index contributed by atoms with van der Waals surface area (Å²) in [6.07, 6.45) is 1.67. The maximum Gasteiger partial charge on any atom is 0.261 e. The maximum atomic E-state index is 13.1. The molecule has 0 aliphatic carbocycles. The summed E-state index contributed by atoms with van der Waals surface area (Å²) in [5, 5.41) is 10.4. The molecular weight excluding hydrogens is 395 g/mol. The van der Waals surface area contributed by atoms with Crippen molar-refractivity contribution < 1.29 is 17.6 Å². The van der Waals surface area contributed by atoms with Crippen molar-refractivity contribution in [1.82, 2.24) is 10.2 Å². The van der Waals surface area contributed by atoms with Crippen LogP contribution in [-0.4, -0.2) is 24.5 Å². The number of anilines is 2. The van der Waals surface area contributed by atoms with Crippen LogP contribution in [0.25, 0.3) is 10.9 Å². The number of nitrogens with zero attached hydrogens (tertiary/aromatic N) is 1. The van der Waals surface area contributed by atoms with Gasteiger partial charge in [0, 0.05) is 11.1 Å². The minimum absolute atomic E-state index is 0.108. The highest BCUT2D eigenvalue weighted by Gasteiger charge is 2.19. The van der Waals surface area contributed by atoms with E-state index in [1.165, 1.54) is 12.1 Å². The number of sulfonamides is 1. The van der Waals surface area contributed by atoms with Crippen LogP contribution in [0.3, 0.4) is 0 Å². The molecule has 0 saturated carbocycles. The maximum absolute atomic E-state index is 13.1. The molecule has 1 amide bonds. The first-order valence-electron chi connectivity index (χ1n) is 8.54. The first-order chi connectivity index (χ1) is 13.9. The highest BCUT2D eigenvalue weighted by atomic mass is 32.2. The van der Waals surface area contributed by atoms with Crippen molar-refractivity contribution in [2.75, 3.05) is 10.0 Å². The molecule has 3 aromatic carbocycles. The number of carbonyl (C=O) groups is 1. The molecule has 0 fully saturated rings. The van der Waals surface area contributed by atoms with Crippen molar-refractivity contribution >= 4 is 38.2 Å². The van der Waals surface area contributed by atoms with E-state index >= 15 is 0 Å². The summed E-state index contributed by atoms with van der Waals surface area (Å²) in [5.74, 6) is -1.03. The van der Waals surface area contributed by atoms with E-state index < -0.39 is 21.7 Å². The van der Waals surface area contributed by atoms with Crippen molar-refractivity contribution in [1.29, 1.82) is 0 Å². The predicted octanol–water partition coefficient (Wildman–Crippen LogP) is 3.76. The molecule has 4 aromatic rings. The summed E-state index contributed by atoms with van der Waals surface area (Å²) < 4.78 is 40.6. The zero-order valence-electron chi connectivity index (χ0n) is 14.9. The number of carbonyl (C=O) groups excluding carboxylic acids is 1. The lowest BCUT2D eigenvalue weighted by Crippen LogP contribution is -2.18. The van der Waals surface area contributed by atoms with Crippen LogP contribution in [0.2, 0.25) is 0 Å². The quantitative estimate of drug-likeness (QED) is 0.466. The fourth-order valence-corrected chi connectivity index (χ4v) is 3.88. The molecule has 9 heteroatoms. The van der Waals surface area contributed by atoms with E-state index in [0.717, 1.165) is 35.2 Å². The summed E-state index contributed by atoms with van der Waals surface area (Å²) in [6.45, 7) is 0. The van der Waals surface area contributed by atoms with Crippen LogP contribution < -0.4 is 10.0 Å². The van der Waals surface area contributed by atoms with Gasteiger partial charge in [0.25, 0.3) is 15.9 Å². The Morgan fingerprint density at radius 2 is 1.76 bits per heavy atom. The number of para-hydroxylation sites is 1. The second kappa shape index (κ2) is 7.36. The minimum Gasteiger partial charge on any atom is -0.322 e. The molecule has 146 valence electrons. The molecule has 0 aliphatic rings. The van der Waals surface area contributed by atoms with Crippen LogP contribution in [0.5, 0.6) is 0 Å². The normalized spacial score (nSPS) is 11.3. The Balaban J connectivity index is 1.60. The molecule has 0 radical (unpaired) electrons. The summed E-state index contributed by atoms with van der Waals surface area (Å²) >= 11 is 0. The predicted molar refractivity (Wildman–Crippen MR) is 108 cm³/mol. The van der Waals surface area contributed by atoms with Crippen LogP contribution in [-0.2, 0) is 10.0 Å². The van der Waals surface area contributed by atoms with Gasteiger partial charge in [-0.05, 0) is 54.6 Å². The van der Waals surface area contributed by atoms with E-state index in [1.807, 2.05) is 0 Å². The fourth-order valence-electron chi connectivity index (χ4n) is 2.80. The van der Waals surface area contributed by atoms with Gasteiger partial charge in [-0.25, -0.2) is 12.8 Å². The summed E-state index contributed by atoms with van der Waals surface area (Å²) in [4.78, 5) is 12.6. The monoisotopic (exact) mass is 410 g/mol. The highest BCUT2D eigenvalue weighted by Crippen LogP contribution is 2.23. The first-order valence-corrected chi connectivity index (χ1v) is 10.0. The van der Waals surface area contributed by atoms with Crippen molar-refractivity contribution in [2.45, 2.75) is 4.90 Å². The number of halogens is 1. The molecule has 4 rings (SSSR count). The average Bonchev–Trinajstić information content (AvgIpc) is 3.16. The lowest BCUT2D eigenvalue weighted by atomic mass is 10.1. The number of amides is 1. The van der Waals surface area contributed by atoms with Crippen LogP contribution >= 0.6 is 0 Å². The second-order valence-electron chi connectivity index (χ2n) is 6.23. The number of benzene rings is 3. The number of nitrogens with one attached hydrogen (secondary N) is 3. The molecule has 0 atom stereocenters. The van der Waals surface area contributed by atoms with Crippen LogP contribution in [0, 0.1) is 5.82 Å². The third-order valence-corrected chi connectivity index (χ3v) is 5.62. The average molecular weight is 410 g/mol. The Labute approximate surface area is 165 Å². The standard InChI is InChI=1S/C20H15FN4O3S/c21-14-6-9-16(10-7-14)29(27,28)25-18-4-2-1-3-17(18)20(26)23-15-8-5-13-12-22-24-19(13)11-15/h1-12,25H,(H,22,24)(H,23,26). The molecule has 7 nitrogen and oxygen atoms in total. The molecule has 0 aliphatic heterocycles. The van der Waals surface area contributed by atoms with Crippen molar-refractivity contribution in [3.63, 3.8) is 0 Å². The summed E-state index contributed by atoms with van der Waals surface area (Å²) in [7, 11) is -3.99. The Kier molecular flexibility index (Phi) is 4.73. The van der Waals surface area contributed by atoms with E-state index in [4.69, 9.17) is 0 Å². The number of rotatable bonds is 5. The number of hydrogen-bond donors (Lipinski definition) is 3. The Bertz CT molecular complexity index is 1300. The smallest absolute Gasteiger partial charge is 0.261 e. The number of H-pyrrole nitrogens is 1. The van der Waals surface area contributed by atoms with E-state index in [9.17, 15) is 17.6 Å². The topological polar surface area (TPSA) is 104 Å². The minimum atomic E-state index is -3.99. The molecule has 29 heavy (non-hydrogen) atoms. The molecule has 3 N–H and O–H groups in total. The van der Waals surface area contributed by atoms with Gasteiger partial charge in [-0.2, -0.15) is 5.10 Å². The van der Waals surface area contributed by atoms with Gasteiger partial charge >= 0.3 is 0 Å². The largest absolute Gasteiger partial charge is 0.322 e. The van der Waals surface area contributed by atoms with Crippen molar-refractivity contribution in [3.8, 4) is 0 Å². The number of hydrogen-bond acceptors (Lipinski definition) is 4. The Morgan fingerprint density at radius 1 is 1.00 bits per heavy atom. The molecule has 0 unspecified atom stereocenters. The van der Waals surface area contributed by atoms with Gasteiger partial charge in [-0.3, -0.25) is 14.6 Å². The SMILES string of the molecule is O=C(Nc1ccc2cn[nH]c2c1)c1ccccc1NS(=O)(=O)c1ccc(F)cc1. The molecule has 1 aromatic heterocycles. The van der Waals surface area contributed by atoms with Gasteiger partial charge in [0.2, 0.25) is 0 Å². The fraction of sp³-hybridized carbons (Fsp3) is 0. The Morgan fingerprint density at radius 3 is 2.55 bits per heavy atom. The lowest BCUT2D eigenvalue weighted by molar-refractivity contribution is 0.102. The molecule has 0 spiro atoms. The van der Waals surface area contributed by atoms with E-state index in [2.05, 4.69) is 20.2 Å². The zero-order valence-corrected chi connectivity index (χ0v) is 15.7. The molecule has 0 saturated heterocycles. The molecule has 0 bridgehead atoms. The molecular formula is C20H15FN4O3S. The molecule has 1 heterocycles. The zero-order chi connectivity index (χ0) is 20.4. The Hall–Kier alpha value is -3.72. The summed E-state index contributed by atoms with van der Waals surface area (Å²) in [5.41, 5.74) is 1.54. The number of fused-ring (bicyclic) bond motifs is 1. The van der Waals surface area contributed by atoms with Gasteiger partial charge in [0.1, 0.15) is 5.82 Å². The lowest BCUT2D eigenvalue weighted by Gasteiger charge is -2.13. The summed E-state index contributed by atoms with van der Waals surface area (Å²) in [6, 6.07) is 15.9. The van der Waals surface area contributed by atoms with Crippen molar-refractivity contribution in [3.05, 3.63) is 84.3 Å². The van der Waals surface area contributed by atoms with E-state index in [0.29, 0.717) is 5.69 Å². The first kappa shape index (κ1) is 18.6. The van der Waals surface area contributed by atoms with E-state index in [-0.39, 0.29) is 16.1 Å². The number of aromatic amines is 1. The highest BCUT2D eigenvalue weighted by molar-refractivity contribution is 7.92. The van der Waals surface area contributed by atoms with Crippen LogP contribution in [0.1, 0.15) is 10.4 Å². The van der Waals surface area contributed by atoms with Crippen LogP contribution in [0.15, 0.2) is 77.8 Å². The van der Waals surface area contributed by atoms with Gasteiger partial charge < -0.3 is 5.32 Å². The van der Waals surface area contributed by atoms with Gasteiger partial charge in [-0.1, -0.05) is 12.1 Å². The van der Waals surface area contributed by atoms with Crippen LogP contribution in [0.4, 0.5) is 15.8 Å². The van der Waals surface area contributed by atoms with Gasteiger partial charge in [-0.15, -0.1) is 0 Å². The third kappa shape index (κ3) is 3.94. The third-order valence-electron chi connectivity index (χ3n) is 4.24. The second-order valence-corrected chi connectivity index (χ2v) is 7.91. The van der Waals surface area contributed by atoms with E-state index in [1.54, 1.807) is 36.5 Å². The van der Waals surface area contributed by atoms with Gasteiger partial charge in [0.05, 0.1) is 27.9 Å². The van der Waals surface area contributed by atoms with Crippen molar-refractivity contribution in [2.24, 2.45) is 0 Å². The number of aromatic nitrogens is 2.